The summed E-state index contributed by atoms with van der Waals surface area (Å²) < 4.78 is 2.04. The Morgan fingerprint density at radius 1 is 1.33 bits per heavy atom. The number of H-pyrrole nitrogens is 1. The van der Waals surface area contributed by atoms with Gasteiger partial charge in [0.2, 0.25) is 0 Å². The summed E-state index contributed by atoms with van der Waals surface area (Å²) in [6.07, 6.45) is 3.84. The first-order valence-electron chi connectivity index (χ1n) is 7.63. The number of nitrogens with zero attached hydrogens (tertiary/aromatic N) is 3. The fraction of sp³-hybridized carbons (Fsp3) is 0.235. The molecule has 122 valence electrons. The zero-order valence-electron chi connectivity index (χ0n) is 13.5. The van der Waals surface area contributed by atoms with Gasteiger partial charge in [-0.25, -0.2) is 9.97 Å². The highest BCUT2D eigenvalue weighted by Crippen LogP contribution is 2.34. The number of nitrogens with one attached hydrogen (secondary N) is 1. The molecule has 0 aliphatic rings. The molecule has 0 fully saturated rings. The monoisotopic (exact) mass is 356 g/mol. The Morgan fingerprint density at radius 3 is 3.00 bits per heavy atom. The van der Waals surface area contributed by atoms with Crippen LogP contribution in [0.5, 0.6) is 0 Å². The zero-order chi connectivity index (χ0) is 16.8. The summed E-state index contributed by atoms with van der Waals surface area (Å²) in [6.45, 7) is 6.03. The van der Waals surface area contributed by atoms with E-state index in [9.17, 15) is 4.79 Å². The van der Waals surface area contributed by atoms with Crippen LogP contribution < -0.4 is 5.56 Å². The van der Waals surface area contributed by atoms with Crippen LogP contribution in [0.1, 0.15) is 28.4 Å². The molecule has 0 saturated carbocycles. The molecule has 4 heterocycles. The lowest BCUT2D eigenvalue weighted by Gasteiger charge is -2.09. The van der Waals surface area contributed by atoms with Crippen LogP contribution in [0.2, 0.25) is 0 Å². The van der Waals surface area contributed by atoms with Crippen LogP contribution in [-0.4, -0.2) is 19.4 Å². The third kappa shape index (κ3) is 2.44. The fourth-order valence-electron chi connectivity index (χ4n) is 2.68. The van der Waals surface area contributed by atoms with Gasteiger partial charge < -0.3 is 4.98 Å². The van der Waals surface area contributed by atoms with Crippen LogP contribution in [0, 0.1) is 13.8 Å². The Balaban J connectivity index is 1.73. The van der Waals surface area contributed by atoms with Crippen LogP contribution in [0.3, 0.4) is 0 Å². The lowest BCUT2D eigenvalue weighted by atomic mass is 10.2. The predicted molar refractivity (Wildman–Crippen MR) is 99.2 cm³/mol. The summed E-state index contributed by atoms with van der Waals surface area (Å²) in [4.78, 5) is 26.5. The van der Waals surface area contributed by atoms with Gasteiger partial charge >= 0.3 is 0 Å². The van der Waals surface area contributed by atoms with Gasteiger partial charge in [-0.3, -0.25) is 9.20 Å². The molecular formula is C17H16N4OS2. The van der Waals surface area contributed by atoms with Crippen molar-refractivity contribution in [2.24, 2.45) is 0 Å². The maximum Gasteiger partial charge on any atom is 0.259 e. The Morgan fingerprint density at radius 2 is 2.17 bits per heavy atom. The van der Waals surface area contributed by atoms with Crippen molar-refractivity contribution in [3.05, 3.63) is 57.2 Å². The number of rotatable bonds is 3. The third-order valence-corrected chi connectivity index (χ3v) is 6.32. The number of aryl methyl sites for hydroxylation is 2. The standard InChI is InChI=1S/C17H16N4OS2/c1-9-10(2)23-16-13(9)15(22)19-14(20-16)11(3)24-17-18-8-12-6-4-5-7-21(12)17/h4-8,11H,1-3H3,(H,19,20,22). The van der Waals surface area contributed by atoms with Crippen LogP contribution in [0.15, 0.2) is 40.5 Å². The molecule has 0 saturated heterocycles. The molecule has 1 unspecified atom stereocenters. The van der Waals surface area contributed by atoms with Crippen molar-refractivity contribution in [2.45, 2.75) is 31.2 Å². The zero-order valence-corrected chi connectivity index (χ0v) is 15.2. The normalized spacial score (nSPS) is 13.0. The van der Waals surface area contributed by atoms with Gasteiger partial charge in [0.05, 0.1) is 22.3 Å². The Hall–Kier alpha value is -2.12. The number of thiophene rings is 1. The van der Waals surface area contributed by atoms with Gasteiger partial charge in [0.15, 0.2) is 5.16 Å². The second-order valence-electron chi connectivity index (χ2n) is 5.71. The Kier molecular flexibility index (Phi) is 3.69. The molecule has 0 aliphatic carbocycles. The summed E-state index contributed by atoms with van der Waals surface area (Å²) in [6, 6.07) is 5.99. The van der Waals surface area contributed by atoms with Gasteiger partial charge in [0.1, 0.15) is 10.7 Å². The Labute approximate surface area is 146 Å². The van der Waals surface area contributed by atoms with Crippen molar-refractivity contribution in [3.63, 3.8) is 0 Å². The number of hydrogen-bond acceptors (Lipinski definition) is 5. The van der Waals surface area contributed by atoms with Gasteiger partial charge in [-0.05, 0) is 38.5 Å². The van der Waals surface area contributed by atoms with Gasteiger partial charge in [-0.2, -0.15) is 0 Å². The quantitative estimate of drug-likeness (QED) is 0.561. The minimum Gasteiger partial charge on any atom is -0.309 e. The van der Waals surface area contributed by atoms with E-state index in [0.717, 1.165) is 25.9 Å². The van der Waals surface area contributed by atoms with E-state index in [1.54, 1.807) is 23.1 Å². The SMILES string of the molecule is Cc1sc2nc(C(C)Sc3ncc4ccccn34)[nH]c(=O)c2c1C. The van der Waals surface area contributed by atoms with E-state index < -0.39 is 0 Å². The highest BCUT2D eigenvalue weighted by molar-refractivity contribution is 7.99. The third-order valence-electron chi connectivity index (χ3n) is 4.13. The molecule has 4 aromatic heterocycles. The van der Waals surface area contributed by atoms with Crippen LogP contribution in [0.4, 0.5) is 0 Å². The van der Waals surface area contributed by atoms with Crippen LogP contribution in [0.25, 0.3) is 15.7 Å². The summed E-state index contributed by atoms with van der Waals surface area (Å²) in [5.74, 6) is 0.687. The first kappa shape index (κ1) is 15.4. The topological polar surface area (TPSA) is 63.1 Å². The van der Waals surface area contributed by atoms with Crippen LogP contribution >= 0.6 is 23.1 Å². The second kappa shape index (κ2) is 5.75. The summed E-state index contributed by atoms with van der Waals surface area (Å²) >= 11 is 3.16. The van der Waals surface area contributed by atoms with Crippen molar-refractivity contribution in [3.8, 4) is 0 Å². The molecule has 0 aromatic carbocycles. The van der Waals surface area contributed by atoms with Crippen molar-refractivity contribution in [2.75, 3.05) is 0 Å². The average Bonchev–Trinajstić information content (AvgIpc) is 3.09. The molecule has 0 amide bonds. The van der Waals surface area contributed by atoms with E-state index >= 15 is 0 Å². The smallest absolute Gasteiger partial charge is 0.259 e. The molecule has 5 nitrogen and oxygen atoms in total. The second-order valence-corrected chi connectivity index (χ2v) is 8.22. The van der Waals surface area contributed by atoms with Gasteiger partial charge in [0, 0.05) is 11.1 Å². The molecule has 24 heavy (non-hydrogen) atoms. The minimum absolute atomic E-state index is 0.00406. The van der Waals surface area contributed by atoms with E-state index in [2.05, 4.69) is 15.0 Å². The molecule has 0 spiro atoms. The molecule has 4 aromatic rings. The lowest BCUT2D eigenvalue weighted by Crippen LogP contribution is -2.12. The largest absolute Gasteiger partial charge is 0.309 e. The first-order chi connectivity index (χ1) is 11.5. The summed E-state index contributed by atoms with van der Waals surface area (Å²) in [5, 5.41) is 1.60. The molecular weight excluding hydrogens is 340 g/mol. The number of fused-ring (bicyclic) bond motifs is 2. The van der Waals surface area contributed by atoms with Crippen molar-refractivity contribution < 1.29 is 0 Å². The molecule has 0 aliphatic heterocycles. The predicted octanol–water partition coefficient (Wildman–Crippen LogP) is 4.10. The molecule has 4 rings (SSSR count). The van der Waals surface area contributed by atoms with Crippen molar-refractivity contribution in [1.29, 1.82) is 0 Å². The fourth-order valence-corrected chi connectivity index (χ4v) is 4.65. The van der Waals surface area contributed by atoms with Gasteiger partial charge in [-0.1, -0.05) is 17.8 Å². The molecule has 1 atom stereocenters. The van der Waals surface area contributed by atoms with Gasteiger partial charge in [0.25, 0.3) is 5.56 Å². The summed E-state index contributed by atoms with van der Waals surface area (Å²) in [5.41, 5.74) is 2.01. The average molecular weight is 356 g/mol. The van der Waals surface area contributed by atoms with E-state index in [1.807, 2.05) is 55.8 Å². The number of thioether (sulfide) groups is 1. The number of hydrogen-bond donors (Lipinski definition) is 1. The highest BCUT2D eigenvalue weighted by atomic mass is 32.2. The number of aromatic amines is 1. The van der Waals surface area contributed by atoms with E-state index in [4.69, 9.17) is 0 Å². The number of imidazole rings is 1. The minimum atomic E-state index is -0.0581. The maximum absolute atomic E-state index is 12.4. The molecule has 0 radical (unpaired) electrons. The maximum atomic E-state index is 12.4. The summed E-state index contributed by atoms with van der Waals surface area (Å²) in [7, 11) is 0. The van der Waals surface area contributed by atoms with Crippen LogP contribution in [-0.2, 0) is 0 Å². The van der Waals surface area contributed by atoms with Crippen molar-refractivity contribution in [1.82, 2.24) is 19.4 Å². The van der Waals surface area contributed by atoms with E-state index in [1.165, 1.54) is 0 Å². The van der Waals surface area contributed by atoms with E-state index in [0.29, 0.717) is 11.2 Å². The molecule has 7 heteroatoms. The number of pyridine rings is 1. The lowest BCUT2D eigenvalue weighted by molar-refractivity contribution is 0.899. The first-order valence-corrected chi connectivity index (χ1v) is 9.33. The Bertz CT molecular complexity index is 1110. The van der Waals surface area contributed by atoms with Gasteiger partial charge in [-0.15, -0.1) is 11.3 Å². The molecule has 1 N–H and O–H groups in total. The highest BCUT2D eigenvalue weighted by Gasteiger charge is 2.17. The van der Waals surface area contributed by atoms with E-state index in [-0.39, 0.29) is 10.8 Å². The number of aromatic nitrogens is 4. The molecule has 0 bridgehead atoms. The van der Waals surface area contributed by atoms with Crippen molar-refractivity contribution >= 4 is 38.8 Å².